The number of ketones is 1. The lowest BCUT2D eigenvalue weighted by atomic mass is 10.1. The predicted octanol–water partition coefficient (Wildman–Crippen LogP) is 4.81. The van der Waals surface area contributed by atoms with Crippen molar-refractivity contribution in [1.29, 1.82) is 0 Å². The minimum atomic E-state index is -0.0170. The standard InChI is InChI=1S/C16H10Cl2N2O/c1-9(21)11-4-7-13-14(8-11)20-16(18)15(19-13)10-2-5-12(17)6-3-10/h2-8H,1H3. The Hall–Kier alpha value is -1.97. The molecule has 0 bridgehead atoms. The second kappa shape index (κ2) is 5.43. The van der Waals surface area contributed by atoms with Crippen LogP contribution in [-0.2, 0) is 0 Å². The molecule has 0 radical (unpaired) electrons. The van der Waals surface area contributed by atoms with Crippen molar-refractivity contribution in [1.82, 2.24) is 9.97 Å². The van der Waals surface area contributed by atoms with E-state index in [-0.39, 0.29) is 5.78 Å². The number of carbonyl (C=O) groups is 1. The molecule has 0 saturated carbocycles. The summed E-state index contributed by atoms with van der Waals surface area (Å²) in [7, 11) is 0. The molecule has 0 spiro atoms. The van der Waals surface area contributed by atoms with Crippen molar-refractivity contribution in [3.05, 3.63) is 58.2 Å². The molecule has 0 amide bonds. The monoisotopic (exact) mass is 316 g/mol. The number of halogens is 2. The first kappa shape index (κ1) is 14.0. The Labute approximate surface area is 131 Å². The third-order valence-corrected chi connectivity index (χ3v) is 3.66. The van der Waals surface area contributed by atoms with Crippen molar-refractivity contribution in [2.45, 2.75) is 6.92 Å². The van der Waals surface area contributed by atoms with E-state index in [2.05, 4.69) is 9.97 Å². The summed E-state index contributed by atoms with van der Waals surface area (Å²) in [5.74, 6) is -0.0170. The predicted molar refractivity (Wildman–Crippen MR) is 85.0 cm³/mol. The molecule has 3 aromatic rings. The summed E-state index contributed by atoms with van der Waals surface area (Å²) in [6.45, 7) is 1.51. The van der Waals surface area contributed by atoms with E-state index in [4.69, 9.17) is 23.2 Å². The average Bonchev–Trinajstić information content (AvgIpc) is 2.47. The van der Waals surface area contributed by atoms with Crippen molar-refractivity contribution in [3.8, 4) is 11.3 Å². The van der Waals surface area contributed by atoms with Crippen LogP contribution in [-0.4, -0.2) is 15.8 Å². The van der Waals surface area contributed by atoms with Crippen molar-refractivity contribution in [3.63, 3.8) is 0 Å². The lowest BCUT2D eigenvalue weighted by Crippen LogP contribution is -1.95. The molecule has 104 valence electrons. The third kappa shape index (κ3) is 2.75. The van der Waals surface area contributed by atoms with Crippen LogP contribution in [0.1, 0.15) is 17.3 Å². The molecule has 1 aromatic heterocycles. The van der Waals surface area contributed by atoms with E-state index < -0.39 is 0 Å². The highest BCUT2D eigenvalue weighted by Gasteiger charge is 2.10. The summed E-state index contributed by atoms with van der Waals surface area (Å²) in [5, 5.41) is 0.945. The van der Waals surface area contributed by atoms with E-state index in [1.165, 1.54) is 6.92 Å². The lowest BCUT2D eigenvalue weighted by molar-refractivity contribution is 0.101. The number of aromatic nitrogens is 2. The van der Waals surface area contributed by atoms with Gasteiger partial charge in [0.05, 0.1) is 11.0 Å². The molecular formula is C16H10Cl2N2O. The Morgan fingerprint density at radius 3 is 2.33 bits per heavy atom. The van der Waals surface area contributed by atoms with E-state index >= 15 is 0 Å². The molecule has 0 atom stereocenters. The van der Waals surface area contributed by atoms with E-state index in [1.54, 1.807) is 30.3 Å². The third-order valence-electron chi connectivity index (χ3n) is 3.15. The zero-order chi connectivity index (χ0) is 15.0. The van der Waals surface area contributed by atoms with Gasteiger partial charge in [0.25, 0.3) is 0 Å². The second-order valence-corrected chi connectivity index (χ2v) is 5.42. The SMILES string of the molecule is CC(=O)c1ccc2nc(-c3ccc(Cl)cc3)c(Cl)nc2c1. The Morgan fingerprint density at radius 2 is 1.67 bits per heavy atom. The number of hydrogen-bond donors (Lipinski definition) is 0. The number of Topliss-reactive ketones (excluding diaryl/α,β-unsaturated/α-hetero) is 1. The van der Waals surface area contributed by atoms with Crippen LogP contribution in [0.4, 0.5) is 0 Å². The maximum absolute atomic E-state index is 11.4. The number of fused-ring (bicyclic) bond motifs is 1. The van der Waals surface area contributed by atoms with Gasteiger partial charge in [0.1, 0.15) is 5.69 Å². The Kier molecular flexibility index (Phi) is 3.62. The number of hydrogen-bond acceptors (Lipinski definition) is 3. The maximum Gasteiger partial charge on any atom is 0.159 e. The van der Waals surface area contributed by atoms with Gasteiger partial charge >= 0.3 is 0 Å². The van der Waals surface area contributed by atoms with Gasteiger partial charge in [0, 0.05) is 16.1 Å². The fourth-order valence-electron chi connectivity index (χ4n) is 2.04. The van der Waals surface area contributed by atoms with Gasteiger partial charge < -0.3 is 0 Å². The first-order valence-corrected chi connectivity index (χ1v) is 7.04. The number of benzene rings is 2. The van der Waals surface area contributed by atoms with Crippen LogP contribution < -0.4 is 0 Å². The van der Waals surface area contributed by atoms with Crippen LogP contribution >= 0.6 is 23.2 Å². The van der Waals surface area contributed by atoms with Gasteiger partial charge in [-0.15, -0.1) is 0 Å². The van der Waals surface area contributed by atoms with Crippen molar-refractivity contribution in [2.24, 2.45) is 0 Å². The van der Waals surface area contributed by atoms with E-state index in [0.29, 0.717) is 32.5 Å². The molecule has 0 fully saturated rings. The van der Waals surface area contributed by atoms with Crippen LogP contribution in [0.2, 0.25) is 10.2 Å². The summed E-state index contributed by atoms with van der Waals surface area (Å²) in [6.07, 6.45) is 0. The lowest BCUT2D eigenvalue weighted by Gasteiger charge is -2.06. The molecular weight excluding hydrogens is 307 g/mol. The van der Waals surface area contributed by atoms with Gasteiger partial charge in [-0.05, 0) is 37.3 Å². The number of nitrogens with zero attached hydrogens (tertiary/aromatic N) is 2. The molecule has 0 N–H and O–H groups in total. The smallest absolute Gasteiger partial charge is 0.159 e. The molecule has 0 unspecified atom stereocenters. The summed E-state index contributed by atoms with van der Waals surface area (Å²) in [4.78, 5) is 20.3. The van der Waals surface area contributed by atoms with E-state index in [9.17, 15) is 4.79 Å². The minimum absolute atomic E-state index is 0.0170. The minimum Gasteiger partial charge on any atom is -0.295 e. The number of rotatable bonds is 2. The summed E-state index contributed by atoms with van der Waals surface area (Å²) in [5.41, 5.74) is 3.32. The molecule has 0 aliphatic carbocycles. The van der Waals surface area contributed by atoms with Crippen LogP contribution in [0.15, 0.2) is 42.5 Å². The molecule has 5 heteroatoms. The van der Waals surface area contributed by atoms with Gasteiger partial charge in [0.15, 0.2) is 10.9 Å². The topological polar surface area (TPSA) is 42.9 Å². The highest BCUT2D eigenvalue weighted by Crippen LogP contribution is 2.28. The maximum atomic E-state index is 11.4. The van der Waals surface area contributed by atoms with Gasteiger partial charge in [-0.2, -0.15) is 0 Å². The summed E-state index contributed by atoms with van der Waals surface area (Å²) < 4.78 is 0. The van der Waals surface area contributed by atoms with E-state index in [1.807, 2.05) is 12.1 Å². The van der Waals surface area contributed by atoms with Crippen molar-refractivity contribution in [2.75, 3.05) is 0 Å². The zero-order valence-electron chi connectivity index (χ0n) is 11.1. The van der Waals surface area contributed by atoms with E-state index in [0.717, 1.165) is 5.56 Å². The van der Waals surface area contributed by atoms with Crippen LogP contribution in [0.3, 0.4) is 0 Å². The Bertz CT molecular complexity index is 845. The fraction of sp³-hybridized carbons (Fsp3) is 0.0625. The second-order valence-electron chi connectivity index (χ2n) is 4.63. The number of carbonyl (C=O) groups excluding carboxylic acids is 1. The normalized spacial score (nSPS) is 10.8. The molecule has 0 saturated heterocycles. The quantitative estimate of drug-likeness (QED) is 0.637. The Balaban J connectivity index is 2.17. The largest absolute Gasteiger partial charge is 0.295 e. The molecule has 3 nitrogen and oxygen atoms in total. The van der Waals surface area contributed by atoms with Crippen LogP contribution in [0, 0.1) is 0 Å². The first-order valence-electron chi connectivity index (χ1n) is 6.29. The average molecular weight is 317 g/mol. The van der Waals surface area contributed by atoms with Crippen molar-refractivity contribution < 1.29 is 4.79 Å². The van der Waals surface area contributed by atoms with Crippen LogP contribution in [0.5, 0.6) is 0 Å². The highest BCUT2D eigenvalue weighted by atomic mass is 35.5. The molecule has 21 heavy (non-hydrogen) atoms. The van der Waals surface area contributed by atoms with Gasteiger partial charge in [-0.3, -0.25) is 4.79 Å². The fourth-order valence-corrected chi connectivity index (χ4v) is 2.41. The first-order chi connectivity index (χ1) is 10.0. The summed E-state index contributed by atoms with van der Waals surface area (Å²) in [6, 6.07) is 12.4. The molecule has 0 aliphatic rings. The molecule has 2 aromatic carbocycles. The highest BCUT2D eigenvalue weighted by molar-refractivity contribution is 6.32. The van der Waals surface area contributed by atoms with Crippen molar-refractivity contribution >= 4 is 40.0 Å². The van der Waals surface area contributed by atoms with Gasteiger partial charge in [0.2, 0.25) is 0 Å². The summed E-state index contributed by atoms with van der Waals surface area (Å²) >= 11 is 12.1. The van der Waals surface area contributed by atoms with Gasteiger partial charge in [-0.25, -0.2) is 9.97 Å². The molecule has 3 rings (SSSR count). The van der Waals surface area contributed by atoms with Gasteiger partial charge in [-0.1, -0.05) is 35.3 Å². The Morgan fingerprint density at radius 1 is 0.952 bits per heavy atom. The van der Waals surface area contributed by atoms with Crippen LogP contribution in [0.25, 0.3) is 22.3 Å². The molecule has 1 heterocycles. The molecule has 0 aliphatic heterocycles. The zero-order valence-corrected chi connectivity index (χ0v) is 12.6.